The summed E-state index contributed by atoms with van der Waals surface area (Å²) in [6.45, 7) is 2.79. The largest absolute Gasteiger partial charge is 0.492 e. The molecule has 4 aromatic carbocycles. The molecule has 6 nitrogen and oxygen atoms in total. The van der Waals surface area contributed by atoms with E-state index in [1.807, 2.05) is 48.5 Å². The predicted octanol–water partition coefficient (Wildman–Crippen LogP) is 6.74. The van der Waals surface area contributed by atoms with E-state index in [1.54, 1.807) is 6.92 Å². The molecule has 0 aliphatic carbocycles. The molecule has 1 unspecified atom stereocenters. The molecule has 1 atom stereocenters. The molecule has 0 aliphatic rings. The van der Waals surface area contributed by atoms with Crippen molar-refractivity contribution in [2.45, 2.75) is 32.4 Å². The summed E-state index contributed by atoms with van der Waals surface area (Å²) in [5, 5.41) is 12.1. The molecule has 0 amide bonds. The van der Waals surface area contributed by atoms with Crippen molar-refractivity contribution < 1.29 is 23.8 Å². The third-order valence-corrected chi connectivity index (χ3v) is 6.86. The van der Waals surface area contributed by atoms with Gasteiger partial charge in [0, 0.05) is 45.9 Å². The van der Waals surface area contributed by atoms with Crippen molar-refractivity contribution in [2.24, 2.45) is 4.99 Å². The minimum Gasteiger partial charge on any atom is -0.492 e. The van der Waals surface area contributed by atoms with Crippen LogP contribution in [0.3, 0.4) is 0 Å². The third-order valence-electron chi connectivity index (χ3n) is 6.86. The average molecular weight is 537 g/mol. The fraction of sp³-hybridized carbons (Fsp3) is 0.182. The van der Waals surface area contributed by atoms with Crippen molar-refractivity contribution in [1.29, 1.82) is 0 Å². The number of carbonyl (C=O) groups excluding carboxylic acids is 1. The van der Waals surface area contributed by atoms with Gasteiger partial charge in [0.1, 0.15) is 18.2 Å². The first-order chi connectivity index (χ1) is 19.4. The van der Waals surface area contributed by atoms with Crippen LogP contribution in [0.5, 0.6) is 5.75 Å². The summed E-state index contributed by atoms with van der Waals surface area (Å²) in [5.41, 5.74) is 3.89. The molecule has 202 valence electrons. The second-order valence-corrected chi connectivity index (χ2v) is 9.71. The number of fused-ring (bicyclic) bond motifs is 3. The van der Waals surface area contributed by atoms with Crippen LogP contribution in [-0.2, 0) is 17.8 Å². The highest BCUT2D eigenvalue weighted by Crippen LogP contribution is 2.28. The average Bonchev–Trinajstić information content (AvgIpc) is 3.27. The summed E-state index contributed by atoms with van der Waals surface area (Å²) < 4.78 is 21.4. The fourth-order valence-electron chi connectivity index (χ4n) is 4.91. The molecule has 0 saturated carbocycles. The molecule has 0 spiro atoms. The van der Waals surface area contributed by atoms with Crippen LogP contribution < -0.4 is 4.74 Å². The maximum Gasteiger partial charge on any atom is 0.328 e. The van der Waals surface area contributed by atoms with Crippen molar-refractivity contribution in [2.75, 3.05) is 6.61 Å². The van der Waals surface area contributed by atoms with Gasteiger partial charge in [-0.2, -0.15) is 0 Å². The van der Waals surface area contributed by atoms with Gasteiger partial charge >= 0.3 is 5.97 Å². The van der Waals surface area contributed by atoms with E-state index in [0.717, 1.165) is 16.6 Å². The summed E-state index contributed by atoms with van der Waals surface area (Å²) in [7, 11) is 0. The van der Waals surface area contributed by atoms with Gasteiger partial charge in [-0.15, -0.1) is 0 Å². The number of ether oxygens (including phenoxy) is 1. The predicted molar refractivity (Wildman–Crippen MR) is 155 cm³/mol. The second kappa shape index (κ2) is 11.9. The van der Waals surface area contributed by atoms with E-state index >= 15 is 0 Å². The van der Waals surface area contributed by atoms with Crippen LogP contribution in [-0.4, -0.2) is 39.8 Å². The standard InChI is InChI=1S/C33H29FN2O4/c1-22(20-32(37)24-12-14-25(34)15-13-24)35-29(33(38)39)21-23-10-16-26(17-11-23)40-19-18-36-30-8-4-2-6-27(30)28-7-3-5-9-31(28)36/h2-17,29H,18-21H2,1H3,(H,38,39). The normalized spacial score (nSPS) is 12.5. The summed E-state index contributed by atoms with van der Waals surface area (Å²) >= 11 is 0. The van der Waals surface area contributed by atoms with E-state index in [1.165, 1.54) is 35.0 Å². The molecule has 0 fully saturated rings. The molecular weight excluding hydrogens is 507 g/mol. The number of Topliss-reactive ketones (excluding diaryl/α,β-unsaturated/α-hetero) is 1. The van der Waals surface area contributed by atoms with Gasteiger partial charge in [0.2, 0.25) is 0 Å². The van der Waals surface area contributed by atoms with Gasteiger partial charge in [-0.3, -0.25) is 9.79 Å². The Bertz CT molecular complexity index is 1630. The van der Waals surface area contributed by atoms with E-state index in [9.17, 15) is 19.1 Å². The summed E-state index contributed by atoms with van der Waals surface area (Å²) in [5.74, 6) is -1.04. The van der Waals surface area contributed by atoms with Crippen molar-refractivity contribution in [1.82, 2.24) is 4.57 Å². The van der Waals surface area contributed by atoms with Crippen LogP contribution in [0, 0.1) is 5.82 Å². The van der Waals surface area contributed by atoms with Crippen LogP contribution in [0.1, 0.15) is 29.3 Å². The summed E-state index contributed by atoms with van der Waals surface area (Å²) in [6.07, 6.45) is 0.146. The topological polar surface area (TPSA) is 80.9 Å². The maximum absolute atomic E-state index is 13.1. The number of carbonyl (C=O) groups is 2. The van der Waals surface area contributed by atoms with Crippen LogP contribution in [0.25, 0.3) is 21.8 Å². The Kier molecular flexibility index (Phi) is 8.01. The van der Waals surface area contributed by atoms with Crippen LogP contribution >= 0.6 is 0 Å². The van der Waals surface area contributed by atoms with E-state index in [2.05, 4.69) is 33.8 Å². The lowest BCUT2D eigenvalue weighted by Crippen LogP contribution is -2.22. The number of ketones is 1. The smallest absolute Gasteiger partial charge is 0.328 e. The van der Waals surface area contributed by atoms with Crippen LogP contribution in [0.2, 0.25) is 0 Å². The number of para-hydroxylation sites is 2. The first-order valence-corrected chi connectivity index (χ1v) is 13.1. The van der Waals surface area contributed by atoms with Gasteiger partial charge < -0.3 is 14.4 Å². The highest BCUT2D eigenvalue weighted by molar-refractivity contribution is 6.09. The lowest BCUT2D eigenvalue weighted by atomic mass is 10.0. The molecule has 1 N–H and O–H groups in total. The molecule has 0 radical (unpaired) electrons. The number of benzene rings is 4. The zero-order valence-electron chi connectivity index (χ0n) is 22.1. The first-order valence-electron chi connectivity index (χ1n) is 13.1. The number of hydrogen-bond acceptors (Lipinski definition) is 4. The number of nitrogens with zero attached hydrogens (tertiary/aromatic N) is 2. The SMILES string of the molecule is CC(CC(=O)c1ccc(F)cc1)=NC(Cc1ccc(OCCn2c3ccccc3c3ccccc32)cc1)C(=O)O. The minimum atomic E-state index is -1.07. The van der Waals surface area contributed by atoms with Crippen molar-refractivity contribution in [3.8, 4) is 5.75 Å². The Morgan fingerprint density at radius 3 is 2.08 bits per heavy atom. The van der Waals surface area contributed by atoms with Gasteiger partial charge in [0.05, 0.1) is 6.54 Å². The van der Waals surface area contributed by atoms with Crippen LogP contribution in [0.4, 0.5) is 4.39 Å². The molecule has 0 saturated heterocycles. The van der Waals surface area contributed by atoms with Crippen molar-refractivity contribution in [3.05, 3.63) is 114 Å². The lowest BCUT2D eigenvalue weighted by Gasteiger charge is -2.12. The third kappa shape index (κ3) is 6.10. The molecule has 5 aromatic rings. The maximum atomic E-state index is 13.1. The molecular formula is C33H29FN2O4. The fourth-order valence-corrected chi connectivity index (χ4v) is 4.91. The molecule has 0 aliphatic heterocycles. The number of aromatic nitrogens is 1. The number of rotatable bonds is 11. The quantitative estimate of drug-likeness (QED) is 0.150. The summed E-state index contributed by atoms with van der Waals surface area (Å²) in [6, 6.07) is 28.2. The van der Waals surface area contributed by atoms with Gasteiger partial charge in [0.15, 0.2) is 11.8 Å². The first kappa shape index (κ1) is 26.8. The van der Waals surface area contributed by atoms with Gasteiger partial charge in [0.25, 0.3) is 0 Å². The van der Waals surface area contributed by atoms with Crippen molar-refractivity contribution >= 4 is 39.3 Å². The molecule has 7 heteroatoms. The van der Waals surface area contributed by atoms with Crippen molar-refractivity contribution in [3.63, 3.8) is 0 Å². The Labute approximate surface area is 231 Å². The van der Waals surface area contributed by atoms with Gasteiger partial charge in [-0.25, -0.2) is 9.18 Å². The molecule has 0 bridgehead atoms. The van der Waals surface area contributed by atoms with Gasteiger partial charge in [-0.1, -0.05) is 48.5 Å². The Morgan fingerprint density at radius 2 is 1.48 bits per heavy atom. The number of halogens is 1. The van der Waals surface area contributed by atoms with Gasteiger partial charge in [-0.05, 0) is 61.0 Å². The van der Waals surface area contributed by atoms with E-state index in [4.69, 9.17) is 4.74 Å². The van der Waals surface area contributed by atoms with E-state index < -0.39 is 17.8 Å². The highest BCUT2D eigenvalue weighted by atomic mass is 19.1. The number of aliphatic imine (C=N–C) groups is 1. The Balaban J connectivity index is 1.20. The monoisotopic (exact) mass is 536 g/mol. The second-order valence-electron chi connectivity index (χ2n) is 9.71. The number of hydrogen-bond donors (Lipinski definition) is 1. The molecule has 5 rings (SSSR count). The van der Waals surface area contributed by atoms with Crippen LogP contribution in [0.15, 0.2) is 102 Å². The Hall–Kier alpha value is -4.78. The minimum absolute atomic E-state index is 0.0336. The molecule has 40 heavy (non-hydrogen) atoms. The number of carboxylic acid groups (broad SMARTS) is 1. The number of carboxylic acids is 1. The highest BCUT2D eigenvalue weighted by Gasteiger charge is 2.18. The lowest BCUT2D eigenvalue weighted by molar-refractivity contribution is -0.138. The van der Waals surface area contributed by atoms with E-state index in [-0.39, 0.29) is 18.6 Å². The molecule has 1 heterocycles. The zero-order valence-corrected chi connectivity index (χ0v) is 22.1. The van der Waals surface area contributed by atoms with E-state index in [0.29, 0.717) is 30.2 Å². The molecule has 1 aromatic heterocycles. The zero-order chi connectivity index (χ0) is 28.1. The number of aliphatic carboxylic acids is 1. The Morgan fingerprint density at radius 1 is 0.875 bits per heavy atom. The summed E-state index contributed by atoms with van der Waals surface area (Å²) in [4.78, 5) is 28.6.